The van der Waals surface area contributed by atoms with E-state index in [1.54, 1.807) is 12.4 Å². The molecule has 9 rings (SSSR count). The van der Waals surface area contributed by atoms with Gasteiger partial charge < -0.3 is 4.42 Å². The summed E-state index contributed by atoms with van der Waals surface area (Å²) in [5, 5.41) is 2.16. The molecule has 0 saturated heterocycles. The van der Waals surface area contributed by atoms with Crippen molar-refractivity contribution in [3.8, 4) is 55.6 Å². The molecule has 1 aliphatic rings. The number of pyridine rings is 2. The quantitative estimate of drug-likeness (QED) is 0.191. The van der Waals surface area contributed by atoms with E-state index in [1.807, 2.05) is 67.0 Å². The number of nitrogens with zero attached hydrogens (tertiary/aromatic N) is 2. The van der Waals surface area contributed by atoms with E-state index in [-0.39, 0.29) is 11.5 Å². The number of hydrogen-bond acceptors (Lipinski definition) is 5. The van der Waals surface area contributed by atoms with Crippen LogP contribution in [0.5, 0.6) is 0 Å². The second-order valence-corrected chi connectivity index (χ2v) is 14.4. The lowest BCUT2D eigenvalue weighted by atomic mass is 9.89. The van der Waals surface area contributed by atoms with E-state index < -0.39 is 9.84 Å². The Morgan fingerprint density at radius 1 is 0.458 bits per heavy atom. The number of furan rings is 1. The maximum atomic E-state index is 13.3. The van der Waals surface area contributed by atoms with Gasteiger partial charge in [-0.25, -0.2) is 8.42 Å². The number of hydrogen-bond donors (Lipinski definition) is 0. The summed E-state index contributed by atoms with van der Waals surface area (Å²) in [4.78, 5) is 8.72. The average molecular weight is 641 g/mol. The molecular weight excluding hydrogens is 613 g/mol. The fourth-order valence-corrected chi connectivity index (χ4v) is 8.44. The molecule has 8 aromatic rings. The normalized spacial score (nSPS) is 13.6. The molecule has 0 aliphatic carbocycles. The molecule has 0 atom stereocenters. The third kappa shape index (κ3) is 5.07. The third-order valence-electron chi connectivity index (χ3n) is 9.23. The Morgan fingerprint density at radius 3 is 1.58 bits per heavy atom. The van der Waals surface area contributed by atoms with Crippen LogP contribution in [-0.2, 0) is 21.3 Å². The van der Waals surface area contributed by atoms with Crippen LogP contribution in [0.15, 0.2) is 151 Å². The number of para-hydroxylation sites is 1. The van der Waals surface area contributed by atoms with E-state index in [0.29, 0.717) is 0 Å². The van der Waals surface area contributed by atoms with Crippen molar-refractivity contribution in [2.24, 2.45) is 0 Å². The molecule has 5 aromatic carbocycles. The van der Waals surface area contributed by atoms with E-state index in [9.17, 15) is 8.42 Å². The molecule has 0 spiro atoms. The highest BCUT2D eigenvalue weighted by atomic mass is 32.2. The first-order valence-electron chi connectivity index (χ1n) is 15.8. The summed E-state index contributed by atoms with van der Waals surface area (Å²) in [6.45, 7) is 0. The molecule has 0 N–H and O–H groups in total. The average Bonchev–Trinajstić information content (AvgIpc) is 3.45. The SMILES string of the molecule is O=S1(=O)Cc2ccc(-c3cc(-c4cccnc4)cc(-c4cccnc4)c3)cc2-c2cc(-c3ccc4c(c3)oc3ccccc34)ccc2C1. The van der Waals surface area contributed by atoms with Gasteiger partial charge in [0, 0.05) is 46.7 Å². The van der Waals surface area contributed by atoms with Gasteiger partial charge in [-0.15, -0.1) is 0 Å². The first-order valence-corrected chi connectivity index (χ1v) is 17.6. The molecule has 0 bridgehead atoms. The van der Waals surface area contributed by atoms with E-state index in [1.165, 1.54) is 0 Å². The summed E-state index contributed by atoms with van der Waals surface area (Å²) in [5.41, 5.74) is 13.3. The van der Waals surface area contributed by atoms with Gasteiger partial charge in [-0.05, 0) is 116 Å². The van der Waals surface area contributed by atoms with E-state index in [4.69, 9.17) is 4.42 Å². The third-order valence-corrected chi connectivity index (χ3v) is 10.7. The van der Waals surface area contributed by atoms with Crippen LogP contribution < -0.4 is 0 Å². The van der Waals surface area contributed by atoms with Crippen molar-refractivity contribution in [1.29, 1.82) is 0 Å². The minimum absolute atomic E-state index is 0.00309. The Balaban J connectivity index is 1.20. The van der Waals surface area contributed by atoms with Gasteiger partial charge in [0.15, 0.2) is 9.84 Å². The molecule has 48 heavy (non-hydrogen) atoms. The molecule has 0 fully saturated rings. The molecule has 1 aliphatic heterocycles. The zero-order chi connectivity index (χ0) is 32.2. The smallest absolute Gasteiger partial charge is 0.158 e. The lowest BCUT2D eigenvalue weighted by Gasteiger charge is -2.15. The number of rotatable bonds is 4. The minimum atomic E-state index is -3.36. The van der Waals surface area contributed by atoms with Gasteiger partial charge in [0.25, 0.3) is 0 Å². The summed E-state index contributed by atoms with van der Waals surface area (Å²) < 4.78 is 32.8. The van der Waals surface area contributed by atoms with E-state index in [2.05, 4.69) is 76.7 Å². The van der Waals surface area contributed by atoms with Crippen molar-refractivity contribution in [2.45, 2.75) is 11.5 Å². The molecule has 230 valence electrons. The molecule has 3 aromatic heterocycles. The van der Waals surface area contributed by atoms with Crippen LogP contribution in [0, 0.1) is 0 Å². The number of sulfone groups is 1. The Hall–Kier alpha value is -5.85. The van der Waals surface area contributed by atoms with Crippen LogP contribution in [0.25, 0.3) is 77.6 Å². The van der Waals surface area contributed by atoms with Crippen molar-refractivity contribution in [1.82, 2.24) is 9.97 Å². The van der Waals surface area contributed by atoms with Gasteiger partial charge in [-0.1, -0.05) is 60.7 Å². The summed E-state index contributed by atoms with van der Waals surface area (Å²) in [6, 6.07) is 41.1. The maximum Gasteiger partial charge on any atom is 0.158 e. The zero-order valence-corrected chi connectivity index (χ0v) is 26.6. The van der Waals surface area contributed by atoms with Crippen LogP contribution in [0.2, 0.25) is 0 Å². The van der Waals surface area contributed by atoms with Crippen molar-refractivity contribution < 1.29 is 12.8 Å². The minimum Gasteiger partial charge on any atom is -0.456 e. The highest BCUT2D eigenvalue weighted by Gasteiger charge is 2.25. The topological polar surface area (TPSA) is 73.1 Å². The van der Waals surface area contributed by atoms with Crippen LogP contribution in [0.4, 0.5) is 0 Å². The lowest BCUT2D eigenvalue weighted by molar-refractivity contribution is 0.595. The molecule has 5 nitrogen and oxygen atoms in total. The summed E-state index contributed by atoms with van der Waals surface area (Å²) in [6.07, 6.45) is 7.29. The summed E-state index contributed by atoms with van der Waals surface area (Å²) in [7, 11) is -3.36. The fraction of sp³-hybridized carbons (Fsp3) is 0.0476. The van der Waals surface area contributed by atoms with E-state index in [0.717, 1.165) is 88.7 Å². The number of aromatic nitrogens is 2. The highest BCUT2D eigenvalue weighted by Crippen LogP contribution is 2.41. The molecule has 6 heteroatoms. The number of fused-ring (bicyclic) bond motifs is 6. The first-order chi connectivity index (χ1) is 23.5. The van der Waals surface area contributed by atoms with Gasteiger partial charge in [0.1, 0.15) is 11.2 Å². The van der Waals surface area contributed by atoms with E-state index >= 15 is 0 Å². The maximum absolute atomic E-state index is 13.3. The fourth-order valence-electron chi connectivity index (χ4n) is 6.89. The van der Waals surface area contributed by atoms with Gasteiger partial charge >= 0.3 is 0 Å². The van der Waals surface area contributed by atoms with Gasteiger partial charge in [0.05, 0.1) is 11.5 Å². The van der Waals surface area contributed by atoms with Crippen LogP contribution >= 0.6 is 0 Å². The summed E-state index contributed by atoms with van der Waals surface area (Å²) >= 11 is 0. The van der Waals surface area contributed by atoms with Gasteiger partial charge in [-0.2, -0.15) is 0 Å². The standard InChI is InChI=1S/C42H28N2O3S/c45-48(46)25-32-11-9-27(29-13-14-38-37-7-1-2-8-41(37)47-42(38)22-29)20-39(32)40-21-28(10-12-33(40)26-48)34-17-35(30-5-3-15-43-23-30)19-36(18-34)31-6-4-16-44-24-31/h1-24H,25-26H2. The zero-order valence-electron chi connectivity index (χ0n) is 25.8. The Labute approximate surface area is 278 Å². The highest BCUT2D eigenvalue weighted by molar-refractivity contribution is 7.89. The predicted molar refractivity (Wildman–Crippen MR) is 193 cm³/mol. The van der Waals surface area contributed by atoms with Crippen molar-refractivity contribution in [3.05, 3.63) is 157 Å². The molecule has 0 radical (unpaired) electrons. The van der Waals surface area contributed by atoms with Crippen LogP contribution in [0.3, 0.4) is 0 Å². The Bertz CT molecular complexity index is 2570. The lowest BCUT2D eigenvalue weighted by Crippen LogP contribution is -2.05. The predicted octanol–water partition coefficient (Wildman–Crippen LogP) is 10.1. The van der Waals surface area contributed by atoms with Crippen molar-refractivity contribution in [3.63, 3.8) is 0 Å². The monoisotopic (exact) mass is 640 g/mol. The molecule has 0 amide bonds. The van der Waals surface area contributed by atoms with Crippen molar-refractivity contribution in [2.75, 3.05) is 0 Å². The molecule has 4 heterocycles. The Kier molecular flexibility index (Phi) is 6.59. The largest absolute Gasteiger partial charge is 0.456 e. The molecule has 0 unspecified atom stereocenters. The summed E-state index contributed by atoms with van der Waals surface area (Å²) in [5.74, 6) is -0.00882. The van der Waals surface area contributed by atoms with Crippen LogP contribution in [0.1, 0.15) is 11.1 Å². The second kappa shape index (κ2) is 11.1. The number of benzene rings is 5. The van der Waals surface area contributed by atoms with Crippen LogP contribution in [-0.4, -0.2) is 18.4 Å². The first kappa shape index (κ1) is 28.4. The Morgan fingerprint density at radius 2 is 0.979 bits per heavy atom. The van der Waals surface area contributed by atoms with Crippen molar-refractivity contribution >= 4 is 31.8 Å². The molecule has 0 saturated carbocycles. The van der Waals surface area contributed by atoms with Gasteiger partial charge in [0.2, 0.25) is 0 Å². The second-order valence-electron chi connectivity index (χ2n) is 12.4. The van der Waals surface area contributed by atoms with Gasteiger partial charge in [-0.3, -0.25) is 9.97 Å². The molecular formula is C42H28N2O3S.